The van der Waals surface area contributed by atoms with Crippen LogP contribution in [0.4, 0.5) is 0 Å². The van der Waals surface area contributed by atoms with E-state index in [0.717, 1.165) is 0 Å². The van der Waals surface area contributed by atoms with Crippen LogP contribution in [0.5, 0.6) is 0 Å². The summed E-state index contributed by atoms with van der Waals surface area (Å²) in [5.41, 5.74) is 0.0612. The zero-order chi connectivity index (χ0) is 9.72. The second-order valence-corrected chi connectivity index (χ2v) is 2.63. The fourth-order valence-corrected chi connectivity index (χ4v) is 0.796. The second-order valence-electron chi connectivity index (χ2n) is 2.63. The molecule has 0 fully saturated rings. The van der Waals surface area contributed by atoms with Gasteiger partial charge in [-0.25, -0.2) is 4.79 Å². The van der Waals surface area contributed by atoms with Gasteiger partial charge in [0.25, 0.3) is 0 Å². The first-order chi connectivity index (χ1) is 5.49. The lowest BCUT2D eigenvalue weighted by Crippen LogP contribution is -2.26. The normalized spacial score (nSPS) is 11.8. The third kappa shape index (κ3) is 3.18. The van der Waals surface area contributed by atoms with E-state index in [-0.39, 0.29) is 23.8 Å². The number of carbonyl (C=O) groups excluding carboxylic acids is 1. The molecular formula is C8H13NO3. The van der Waals surface area contributed by atoms with Crippen molar-refractivity contribution in [1.82, 2.24) is 5.32 Å². The molecule has 0 aromatic rings. The summed E-state index contributed by atoms with van der Waals surface area (Å²) in [4.78, 5) is 21.2. The quantitative estimate of drug-likeness (QED) is 0.602. The Bertz CT molecular complexity index is 210. The van der Waals surface area contributed by atoms with Crippen LogP contribution in [0, 0.1) is 5.92 Å². The van der Waals surface area contributed by atoms with E-state index in [1.54, 1.807) is 6.92 Å². The molecule has 1 amide bonds. The Morgan fingerprint density at radius 1 is 1.58 bits per heavy atom. The molecule has 1 atom stereocenters. The molecule has 2 N–H and O–H groups in total. The fraction of sp³-hybridized carbons (Fsp3) is 0.500. The van der Waals surface area contributed by atoms with Gasteiger partial charge in [-0.05, 0) is 6.42 Å². The molecule has 4 heteroatoms. The van der Waals surface area contributed by atoms with Gasteiger partial charge in [0.05, 0.1) is 0 Å². The van der Waals surface area contributed by atoms with Crippen LogP contribution < -0.4 is 5.32 Å². The van der Waals surface area contributed by atoms with Crippen molar-refractivity contribution in [2.24, 2.45) is 5.92 Å². The topological polar surface area (TPSA) is 66.4 Å². The number of hydrogen-bond acceptors (Lipinski definition) is 2. The average Bonchev–Trinajstić information content (AvgIpc) is 2.02. The summed E-state index contributed by atoms with van der Waals surface area (Å²) in [6, 6.07) is 0. The molecular weight excluding hydrogens is 158 g/mol. The van der Waals surface area contributed by atoms with Crippen LogP contribution >= 0.6 is 0 Å². The lowest BCUT2D eigenvalue weighted by atomic mass is 10.0. The van der Waals surface area contributed by atoms with Gasteiger partial charge in [0.1, 0.15) is 0 Å². The maximum Gasteiger partial charge on any atom is 0.330 e. The van der Waals surface area contributed by atoms with E-state index >= 15 is 0 Å². The van der Waals surface area contributed by atoms with Crippen molar-refractivity contribution in [3.8, 4) is 0 Å². The maximum absolute atomic E-state index is 10.9. The molecule has 0 saturated carbocycles. The highest BCUT2D eigenvalue weighted by atomic mass is 16.4. The minimum Gasteiger partial charge on any atom is -0.478 e. The summed E-state index contributed by atoms with van der Waals surface area (Å²) < 4.78 is 0. The molecule has 4 nitrogen and oxygen atoms in total. The Balaban J connectivity index is 4.01. The van der Waals surface area contributed by atoms with Crippen molar-refractivity contribution in [2.75, 3.05) is 7.05 Å². The number of carbonyl (C=O) groups is 2. The van der Waals surface area contributed by atoms with Crippen molar-refractivity contribution < 1.29 is 14.7 Å². The van der Waals surface area contributed by atoms with Gasteiger partial charge < -0.3 is 10.4 Å². The summed E-state index contributed by atoms with van der Waals surface area (Å²) in [7, 11) is 1.52. The van der Waals surface area contributed by atoms with Crippen LogP contribution in [0.3, 0.4) is 0 Å². The van der Waals surface area contributed by atoms with Gasteiger partial charge in [-0.15, -0.1) is 0 Å². The molecule has 12 heavy (non-hydrogen) atoms. The molecule has 0 aliphatic carbocycles. The summed E-state index contributed by atoms with van der Waals surface area (Å²) in [5, 5.41) is 10.9. The highest BCUT2D eigenvalue weighted by Gasteiger charge is 2.15. The van der Waals surface area contributed by atoms with Crippen LogP contribution in [-0.2, 0) is 9.59 Å². The van der Waals surface area contributed by atoms with Crippen molar-refractivity contribution >= 4 is 11.9 Å². The van der Waals surface area contributed by atoms with Crippen molar-refractivity contribution in [3.05, 3.63) is 12.2 Å². The van der Waals surface area contributed by atoms with Crippen molar-refractivity contribution in [1.29, 1.82) is 0 Å². The molecule has 0 saturated heterocycles. The number of amides is 1. The standard InChI is InChI=1S/C8H13NO3/c1-5(7(10)9-3)4-6(2)8(11)12/h5H,2,4H2,1,3H3,(H,9,10)(H,11,12). The molecule has 0 bridgehead atoms. The van der Waals surface area contributed by atoms with Gasteiger partial charge in [-0.3, -0.25) is 4.79 Å². The Morgan fingerprint density at radius 3 is 2.42 bits per heavy atom. The summed E-state index contributed by atoms with van der Waals surface area (Å²) in [6.07, 6.45) is 0.189. The van der Waals surface area contributed by atoms with Gasteiger partial charge in [0.15, 0.2) is 0 Å². The summed E-state index contributed by atoms with van der Waals surface area (Å²) in [5.74, 6) is -1.55. The third-order valence-corrected chi connectivity index (χ3v) is 1.55. The minimum absolute atomic E-state index is 0.0612. The molecule has 0 aromatic heterocycles. The zero-order valence-electron chi connectivity index (χ0n) is 7.26. The maximum atomic E-state index is 10.9. The van der Waals surface area contributed by atoms with E-state index in [2.05, 4.69) is 11.9 Å². The zero-order valence-corrected chi connectivity index (χ0v) is 7.26. The van der Waals surface area contributed by atoms with Crippen LogP contribution in [-0.4, -0.2) is 24.0 Å². The lowest BCUT2D eigenvalue weighted by molar-refractivity contribution is -0.133. The predicted molar refractivity (Wildman–Crippen MR) is 44.6 cm³/mol. The van der Waals surface area contributed by atoms with Crippen LogP contribution in [0.1, 0.15) is 13.3 Å². The largest absolute Gasteiger partial charge is 0.478 e. The molecule has 0 heterocycles. The highest BCUT2D eigenvalue weighted by Crippen LogP contribution is 2.09. The van der Waals surface area contributed by atoms with Gasteiger partial charge in [-0.2, -0.15) is 0 Å². The number of hydrogen-bond donors (Lipinski definition) is 2. The number of carboxylic acids is 1. The minimum atomic E-state index is -1.05. The second kappa shape index (κ2) is 4.54. The molecule has 0 spiro atoms. The first-order valence-electron chi connectivity index (χ1n) is 3.61. The SMILES string of the molecule is C=C(CC(C)C(=O)NC)C(=O)O. The van der Waals surface area contributed by atoms with E-state index in [9.17, 15) is 9.59 Å². The number of nitrogens with one attached hydrogen (secondary N) is 1. The molecule has 0 aliphatic heterocycles. The van der Waals surface area contributed by atoms with Gasteiger partial charge in [-0.1, -0.05) is 13.5 Å². The third-order valence-electron chi connectivity index (χ3n) is 1.55. The number of aliphatic carboxylic acids is 1. The smallest absolute Gasteiger partial charge is 0.330 e. The molecule has 68 valence electrons. The van der Waals surface area contributed by atoms with E-state index in [1.165, 1.54) is 7.05 Å². The molecule has 0 aliphatic rings. The van der Waals surface area contributed by atoms with Crippen molar-refractivity contribution in [2.45, 2.75) is 13.3 Å². The Kier molecular flexibility index (Phi) is 4.04. The van der Waals surface area contributed by atoms with Gasteiger partial charge in [0, 0.05) is 18.5 Å². The Hall–Kier alpha value is -1.32. The van der Waals surface area contributed by atoms with Crippen molar-refractivity contribution in [3.63, 3.8) is 0 Å². The van der Waals surface area contributed by atoms with Gasteiger partial charge >= 0.3 is 5.97 Å². The molecule has 0 radical (unpaired) electrons. The Morgan fingerprint density at radius 2 is 2.08 bits per heavy atom. The summed E-state index contributed by atoms with van der Waals surface area (Å²) >= 11 is 0. The van der Waals surface area contributed by atoms with Gasteiger partial charge in [0.2, 0.25) is 5.91 Å². The molecule has 1 unspecified atom stereocenters. The van der Waals surface area contributed by atoms with E-state index in [0.29, 0.717) is 0 Å². The molecule has 0 aromatic carbocycles. The van der Waals surface area contributed by atoms with E-state index < -0.39 is 5.97 Å². The average molecular weight is 171 g/mol. The predicted octanol–water partition coefficient (Wildman–Crippen LogP) is 0.399. The van der Waals surface area contributed by atoms with Crippen LogP contribution in [0.15, 0.2) is 12.2 Å². The van der Waals surface area contributed by atoms with E-state index in [4.69, 9.17) is 5.11 Å². The fourth-order valence-electron chi connectivity index (χ4n) is 0.796. The highest BCUT2D eigenvalue weighted by molar-refractivity contribution is 5.87. The summed E-state index contributed by atoms with van der Waals surface area (Å²) in [6.45, 7) is 4.99. The van der Waals surface area contributed by atoms with Crippen LogP contribution in [0.2, 0.25) is 0 Å². The lowest BCUT2D eigenvalue weighted by Gasteiger charge is -2.08. The van der Waals surface area contributed by atoms with E-state index in [1.807, 2.05) is 0 Å². The number of carboxylic acid groups (broad SMARTS) is 1. The Labute approximate surface area is 71.3 Å². The van der Waals surface area contributed by atoms with Crippen LogP contribution in [0.25, 0.3) is 0 Å². The first kappa shape index (κ1) is 10.7. The monoisotopic (exact) mass is 171 g/mol. The number of rotatable bonds is 4. The molecule has 0 rings (SSSR count). The first-order valence-corrected chi connectivity index (χ1v) is 3.61.